The van der Waals surface area contributed by atoms with Crippen LogP contribution in [0.15, 0.2) is 73.1 Å². The first-order valence-corrected chi connectivity index (χ1v) is 15.7. The van der Waals surface area contributed by atoms with Crippen molar-refractivity contribution in [3.63, 3.8) is 0 Å². The highest BCUT2D eigenvalue weighted by Crippen LogP contribution is 2.14. The summed E-state index contributed by atoms with van der Waals surface area (Å²) in [4.78, 5) is 32.5. The molecule has 0 unspecified atom stereocenters. The van der Waals surface area contributed by atoms with E-state index >= 15 is 0 Å². The number of imidazole rings is 1. The predicted molar refractivity (Wildman–Crippen MR) is 164 cm³/mol. The molecule has 2 aromatic carbocycles. The Balaban J connectivity index is -0.000000525. The van der Waals surface area contributed by atoms with Gasteiger partial charge in [0.2, 0.25) is 0 Å². The molecule has 246 valence electrons. The molecule has 3 rings (SSSR count). The minimum atomic E-state index is -4.65. The molecule has 0 bridgehead atoms. The Labute approximate surface area is 265 Å². The average molecular weight is 680 g/mol. The maximum absolute atomic E-state index is 12.4. The molecule has 0 aliphatic rings. The first-order valence-electron chi connectivity index (χ1n) is 12.5. The maximum Gasteiger partial charge on any atom is 0.373 e. The van der Waals surface area contributed by atoms with Gasteiger partial charge in [0.25, 0.3) is 5.82 Å². The van der Waals surface area contributed by atoms with Gasteiger partial charge < -0.3 is 5.73 Å². The van der Waals surface area contributed by atoms with E-state index in [1.807, 2.05) is 67.1 Å². The molecule has 3 aromatic rings. The second-order valence-corrected chi connectivity index (χ2v) is 13.4. The van der Waals surface area contributed by atoms with E-state index in [2.05, 4.69) is 12.1 Å². The van der Waals surface area contributed by atoms with Crippen molar-refractivity contribution in [1.82, 2.24) is 8.69 Å². The SMILES string of the molecule is CC(C)(Cc1ccccc1)NS(=O)(=O)F.CC(C)(N)Cc1ccccc1.Cc1n(S(C)(=O)=O)cc[n+]1C.Cl.O=C=O.O=C=O. The molecular formula is C28H41ClFN4O8S2+. The molecule has 3 N–H and O–H groups in total. The van der Waals surface area contributed by atoms with Crippen molar-refractivity contribution in [2.24, 2.45) is 12.8 Å². The van der Waals surface area contributed by atoms with Gasteiger partial charge in [-0.15, -0.1) is 16.4 Å². The number of nitrogens with two attached hydrogens (primary N) is 1. The second-order valence-electron chi connectivity index (χ2n) is 10.4. The van der Waals surface area contributed by atoms with Crippen molar-refractivity contribution in [2.45, 2.75) is 58.5 Å². The molecule has 0 radical (unpaired) electrons. The molecule has 0 saturated heterocycles. The molecule has 0 amide bonds. The lowest BCUT2D eigenvalue weighted by atomic mass is 9.96. The lowest BCUT2D eigenvalue weighted by Gasteiger charge is -2.23. The average Bonchev–Trinajstić information content (AvgIpc) is 3.18. The van der Waals surface area contributed by atoms with Crippen LogP contribution in [-0.2, 0) is 59.5 Å². The molecular weight excluding hydrogens is 639 g/mol. The van der Waals surface area contributed by atoms with Crippen LogP contribution >= 0.6 is 12.4 Å². The highest BCUT2D eigenvalue weighted by molar-refractivity contribution is 7.89. The zero-order valence-electron chi connectivity index (χ0n) is 25.7. The number of nitrogens with zero attached hydrogens (tertiary/aromatic N) is 2. The first kappa shape index (κ1) is 44.9. The van der Waals surface area contributed by atoms with Crippen LogP contribution in [-0.4, -0.2) is 50.4 Å². The lowest BCUT2D eigenvalue weighted by molar-refractivity contribution is -0.676. The van der Waals surface area contributed by atoms with E-state index < -0.39 is 26.0 Å². The van der Waals surface area contributed by atoms with E-state index in [4.69, 9.17) is 24.9 Å². The third kappa shape index (κ3) is 24.0. The Morgan fingerprint density at radius 1 is 0.841 bits per heavy atom. The van der Waals surface area contributed by atoms with E-state index in [1.54, 1.807) is 38.6 Å². The highest BCUT2D eigenvalue weighted by atomic mass is 35.5. The van der Waals surface area contributed by atoms with Gasteiger partial charge in [-0.1, -0.05) is 64.5 Å². The Kier molecular flexibility index (Phi) is 21.6. The monoisotopic (exact) mass is 679 g/mol. The number of carbonyl (C=O) groups excluding carboxylic acids is 4. The maximum atomic E-state index is 12.4. The minimum Gasteiger partial charge on any atom is -0.325 e. The van der Waals surface area contributed by atoms with Crippen molar-refractivity contribution >= 4 is 45.1 Å². The fourth-order valence-corrected chi connectivity index (χ4v) is 5.09. The third-order valence-electron chi connectivity index (χ3n) is 5.00. The molecule has 1 aromatic heterocycles. The first-order chi connectivity index (χ1) is 19.6. The summed E-state index contributed by atoms with van der Waals surface area (Å²) in [6, 6.07) is 19.6. The summed E-state index contributed by atoms with van der Waals surface area (Å²) in [6.45, 7) is 9.11. The predicted octanol–water partition coefficient (Wildman–Crippen LogP) is 2.46. The zero-order chi connectivity index (χ0) is 33.9. The number of hydrogen-bond acceptors (Lipinski definition) is 9. The summed E-state index contributed by atoms with van der Waals surface area (Å²) in [5.74, 6) is 0.701. The van der Waals surface area contributed by atoms with Crippen LogP contribution < -0.4 is 15.0 Å². The van der Waals surface area contributed by atoms with Crippen molar-refractivity contribution in [3.8, 4) is 0 Å². The largest absolute Gasteiger partial charge is 0.373 e. The summed E-state index contributed by atoms with van der Waals surface area (Å²) >= 11 is 0. The number of aryl methyl sites for hydroxylation is 1. The number of halogens is 2. The second kappa shape index (κ2) is 21.2. The van der Waals surface area contributed by atoms with Crippen LogP contribution in [0.4, 0.5) is 3.89 Å². The van der Waals surface area contributed by atoms with Crippen LogP contribution in [0.2, 0.25) is 0 Å². The van der Waals surface area contributed by atoms with Gasteiger partial charge >= 0.3 is 32.7 Å². The molecule has 0 spiro atoms. The van der Waals surface area contributed by atoms with E-state index in [9.17, 15) is 20.7 Å². The van der Waals surface area contributed by atoms with Crippen LogP contribution in [0, 0.1) is 6.92 Å². The fourth-order valence-electron chi connectivity index (χ4n) is 3.48. The smallest absolute Gasteiger partial charge is 0.325 e. The summed E-state index contributed by atoms with van der Waals surface area (Å²) in [5.41, 5.74) is 7.21. The number of hydrogen-bond donors (Lipinski definition) is 2. The molecule has 16 heteroatoms. The molecule has 0 atom stereocenters. The van der Waals surface area contributed by atoms with Crippen LogP contribution in [0.1, 0.15) is 44.6 Å². The Morgan fingerprint density at radius 2 is 1.20 bits per heavy atom. The normalized spacial score (nSPS) is 10.6. The summed E-state index contributed by atoms with van der Waals surface area (Å²) in [7, 11) is -5.97. The molecule has 0 saturated carbocycles. The van der Waals surface area contributed by atoms with Crippen LogP contribution in [0.3, 0.4) is 0 Å². The third-order valence-corrected chi connectivity index (χ3v) is 6.90. The van der Waals surface area contributed by atoms with Crippen LogP contribution in [0.25, 0.3) is 0 Å². The van der Waals surface area contributed by atoms with Gasteiger partial charge in [-0.2, -0.15) is 40.7 Å². The van der Waals surface area contributed by atoms with Crippen molar-refractivity contribution in [3.05, 3.63) is 90.0 Å². The van der Waals surface area contributed by atoms with Gasteiger partial charge in [-0.25, -0.2) is 4.57 Å². The Morgan fingerprint density at radius 3 is 1.45 bits per heavy atom. The molecule has 44 heavy (non-hydrogen) atoms. The molecule has 12 nitrogen and oxygen atoms in total. The summed E-state index contributed by atoms with van der Waals surface area (Å²) in [5, 5.41) is 0. The topological polar surface area (TPSA) is 183 Å². The van der Waals surface area contributed by atoms with E-state index in [0.717, 1.165) is 12.0 Å². The van der Waals surface area contributed by atoms with E-state index in [-0.39, 0.29) is 30.2 Å². The standard InChI is InChI=1S/C10H14FNO2S.C10H15N.C6H11N2O2S.2CO2.ClH/c1-10(2,12-15(11,13)14)8-9-6-4-3-5-7-9;1-10(2,11)8-9-6-4-3-5-7-9;1-6-7(2)4-5-8(6)11(3,9)10;2*2-1-3;/h3-7,12H,8H2,1-2H3;3-7H,8,11H2,1-2H3;4-5H,1-3H3;;;1H/q;;+1;;;. The number of aromatic nitrogens is 2. The van der Waals surface area contributed by atoms with Gasteiger partial charge in [0.05, 0.1) is 13.3 Å². The molecule has 0 fully saturated rings. The highest BCUT2D eigenvalue weighted by Gasteiger charge is 2.24. The van der Waals surface area contributed by atoms with Gasteiger partial charge in [0.15, 0.2) is 0 Å². The van der Waals surface area contributed by atoms with Gasteiger partial charge in [-0.05, 0) is 51.7 Å². The Hall–Kier alpha value is -3.55. The van der Waals surface area contributed by atoms with Crippen molar-refractivity contribution < 1.29 is 44.5 Å². The fraction of sp³-hybridized carbons (Fsp3) is 0.393. The zero-order valence-corrected chi connectivity index (χ0v) is 28.1. The summed E-state index contributed by atoms with van der Waals surface area (Å²) in [6.07, 6.45) is 6.30. The molecule has 0 aliphatic carbocycles. The van der Waals surface area contributed by atoms with Gasteiger partial charge in [0, 0.05) is 18.0 Å². The van der Waals surface area contributed by atoms with Crippen molar-refractivity contribution in [1.29, 1.82) is 0 Å². The molecule has 1 heterocycles. The number of rotatable bonds is 7. The number of benzene rings is 2. The van der Waals surface area contributed by atoms with Crippen LogP contribution in [0.5, 0.6) is 0 Å². The van der Waals surface area contributed by atoms with E-state index in [0.29, 0.717) is 12.2 Å². The van der Waals surface area contributed by atoms with Crippen molar-refractivity contribution in [2.75, 3.05) is 6.26 Å². The Bertz CT molecular complexity index is 1500. The van der Waals surface area contributed by atoms with Gasteiger partial charge in [0.1, 0.15) is 12.4 Å². The minimum absolute atomic E-state index is 0. The lowest BCUT2D eigenvalue weighted by Crippen LogP contribution is -2.43. The van der Waals surface area contributed by atoms with Gasteiger partial charge in [-0.3, -0.25) is 0 Å². The molecule has 0 aliphatic heterocycles. The quantitative estimate of drug-likeness (QED) is 0.280. The van der Waals surface area contributed by atoms with E-state index in [1.165, 1.54) is 22.0 Å². The number of nitrogens with one attached hydrogen (secondary N) is 1. The summed E-state index contributed by atoms with van der Waals surface area (Å²) < 4.78 is 60.3.